The van der Waals surface area contributed by atoms with Crippen molar-refractivity contribution in [2.24, 2.45) is 0 Å². The van der Waals surface area contributed by atoms with Crippen LogP contribution in [0, 0.1) is 0 Å². The van der Waals surface area contributed by atoms with Crippen molar-refractivity contribution in [2.75, 3.05) is 0 Å². The summed E-state index contributed by atoms with van der Waals surface area (Å²) >= 11 is 0. The Hall–Kier alpha value is -0.890. The van der Waals surface area contributed by atoms with Crippen LogP contribution in [0.25, 0.3) is 0 Å². The van der Waals surface area contributed by atoms with Gasteiger partial charge in [0.25, 0.3) is 0 Å². The second-order valence-corrected chi connectivity index (χ2v) is 1.34. The number of carboxylic acid groups (broad SMARTS) is 1. The van der Waals surface area contributed by atoms with Crippen LogP contribution in [0.1, 0.15) is 0 Å². The minimum Gasteiger partial charge on any atom is -0.478 e. The molecule has 0 aromatic heterocycles. The number of carbonyl (C=O) groups excluding carboxylic acids is 1. The van der Waals surface area contributed by atoms with Crippen LogP contribution in [0.5, 0.6) is 0 Å². The lowest BCUT2D eigenvalue weighted by atomic mass is 10.5. The lowest BCUT2D eigenvalue weighted by molar-refractivity contribution is -0.132. The maximum absolute atomic E-state index is 10.1. The summed E-state index contributed by atoms with van der Waals surface area (Å²) in [5.41, 5.74) is 0. The number of carboxylic acids is 1. The number of carbonyl (C=O) groups is 2. The highest BCUT2D eigenvalue weighted by atomic mass is 31.0. The third-order valence-electron chi connectivity index (χ3n) is 0.478. The molecule has 0 aliphatic heterocycles. The first-order valence-electron chi connectivity index (χ1n) is 1.98. The van der Waals surface area contributed by atoms with Gasteiger partial charge in [-0.1, -0.05) is 0 Å². The van der Waals surface area contributed by atoms with Gasteiger partial charge >= 0.3 is 11.9 Å². The lowest BCUT2D eigenvalue weighted by Gasteiger charge is -1.85. The molecule has 0 amide bonds. The molecule has 0 saturated carbocycles. The van der Waals surface area contributed by atoms with E-state index in [2.05, 4.69) is 4.52 Å². The highest BCUT2D eigenvalue weighted by Gasteiger charge is 1.91. The summed E-state index contributed by atoms with van der Waals surface area (Å²) in [6, 6.07) is 0. The summed E-state index contributed by atoms with van der Waals surface area (Å²) in [6.07, 6.45) is 1.52. The van der Waals surface area contributed by atoms with E-state index in [1.807, 2.05) is 0 Å². The first-order valence-corrected chi connectivity index (χ1v) is 2.45. The summed E-state index contributed by atoms with van der Waals surface area (Å²) in [7, 11) is 1.71. The average molecular weight is 148 g/mol. The van der Waals surface area contributed by atoms with E-state index >= 15 is 0 Å². The van der Waals surface area contributed by atoms with Crippen molar-refractivity contribution in [2.45, 2.75) is 0 Å². The molecule has 0 spiro atoms. The monoisotopic (exact) mass is 148 g/mol. The second kappa shape index (κ2) is 4.04. The van der Waals surface area contributed by atoms with E-state index in [1.165, 1.54) is 0 Å². The number of hydrogen-bond donors (Lipinski definition) is 1. The molecular weight excluding hydrogens is 143 g/mol. The van der Waals surface area contributed by atoms with Crippen molar-refractivity contribution in [3.05, 3.63) is 12.2 Å². The van der Waals surface area contributed by atoms with E-state index < -0.39 is 11.9 Å². The molecule has 0 aliphatic rings. The number of hydrogen-bond acceptors (Lipinski definition) is 3. The highest BCUT2D eigenvalue weighted by Crippen LogP contribution is 1.87. The van der Waals surface area contributed by atoms with Crippen LogP contribution >= 0.6 is 9.47 Å². The second-order valence-electron chi connectivity index (χ2n) is 1.11. The molecule has 1 N–H and O–H groups in total. The van der Waals surface area contributed by atoms with Crippen LogP contribution in [-0.2, 0) is 14.1 Å². The first-order chi connectivity index (χ1) is 4.16. The van der Waals surface area contributed by atoms with Gasteiger partial charge < -0.3 is 9.63 Å². The van der Waals surface area contributed by atoms with Crippen molar-refractivity contribution in [1.82, 2.24) is 0 Å². The van der Waals surface area contributed by atoms with Crippen molar-refractivity contribution in [3.63, 3.8) is 0 Å². The summed E-state index contributed by atoms with van der Waals surface area (Å²) in [4.78, 5) is 19.8. The highest BCUT2D eigenvalue weighted by molar-refractivity contribution is 7.10. The van der Waals surface area contributed by atoms with Gasteiger partial charge in [0.15, 0.2) is 0 Å². The van der Waals surface area contributed by atoms with Gasteiger partial charge in [-0.3, -0.25) is 0 Å². The van der Waals surface area contributed by atoms with Gasteiger partial charge in [0.05, 0.1) is 9.47 Å². The third kappa shape index (κ3) is 4.97. The summed E-state index contributed by atoms with van der Waals surface area (Å²) < 4.78 is 4.03. The standard InChI is InChI=1S/C4H5O4P/c5-3(6)1-2-4(7)8-9/h1-2H,9H2,(H,5,6)/b2-1+. The molecule has 1 atom stereocenters. The van der Waals surface area contributed by atoms with Crippen LogP contribution in [-0.4, -0.2) is 17.0 Å². The third-order valence-corrected chi connectivity index (χ3v) is 0.710. The van der Waals surface area contributed by atoms with Crippen LogP contribution in [0.3, 0.4) is 0 Å². The maximum atomic E-state index is 10.1. The molecule has 9 heavy (non-hydrogen) atoms. The molecule has 50 valence electrons. The van der Waals surface area contributed by atoms with E-state index in [0.29, 0.717) is 6.08 Å². The Kier molecular flexibility index (Phi) is 3.64. The van der Waals surface area contributed by atoms with Crippen molar-refractivity contribution in [1.29, 1.82) is 0 Å². The number of aliphatic carboxylic acids is 1. The van der Waals surface area contributed by atoms with E-state index in [4.69, 9.17) is 5.11 Å². The first kappa shape index (κ1) is 8.11. The van der Waals surface area contributed by atoms with Crippen LogP contribution in [0.15, 0.2) is 12.2 Å². The van der Waals surface area contributed by atoms with Crippen molar-refractivity contribution < 1.29 is 19.2 Å². The molecule has 0 heterocycles. The topological polar surface area (TPSA) is 63.6 Å². The fourth-order valence-electron chi connectivity index (χ4n) is 0.179. The van der Waals surface area contributed by atoms with E-state index in [9.17, 15) is 9.59 Å². The molecule has 0 aromatic rings. The summed E-state index contributed by atoms with van der Waals surface area (Å²) in [6.45, 7) is 0. The average Bonchev–Trinajstić information content (AvgIpc) is 1.83. The van der Waals surface area contributed by atoms with Crippen LogP contribution in [0.2, 0.25) is 0 Å². The molecule has 0 fully saturated rings. The molecule has 0 rings (SSSR count). The Balaban J connectivity index is 3.71. The van der Waals surface area contributed by atoms with Gasteiger partial charge in [-0.15, -0.1) is 0 Å². The molecule has 0 radical (unpaired) electrons. The molecule has 0 bridgehead atoms. The Bertz CT molecular complexity index is 151. The zero-order chi connectivity index (χ0) is 7.28. The smallest absolute Gasteiger partial charge is 0.333 e. The molecule has 4 nitrogen and oxygen atoms in total. The van der Waals surface area contributed by atoms with Gasteiger partial charge in [-0.05, 0) is 0 Å². The SMILES string of the molecule is O=C(O)/C=C/C(=O)OP. The van der Waals surface area contributed by atoms with Gasteiger partial charge in [0.1, 0.15) is 0 Å². The Morgan fingerprint density at radius 3 is 2.33 bits per heavy atom. The van der Waals surface area contributed by atoms with Gasteiger partial charge in [0.2, 0.25) is 0 Å². The summed E-state index contributed by atoms with van der Waals surface area (Å²) in [5, 5.41) is 7.96. The molecule has 0 aromatic carbocycles. The van der Waals surface area contributed by atoms with E-state index in [1.54, 1.807) is 9.47 Å². The largest absolute Gasteiger partial charge is 0.478 e. The minimum absolute atomic E-state index is 0.701. The predicted molar refractivity (Wildman–Crippen MR) is 32.6 cm³/mol. The number of rotatable bonds is 2. The van der Waals surface area contributed by atoms with Crippen molar-refractivity contribution in [3.8, 4) is 0 Å². The molecular formula is C4H5O4P. The molecule has 5 heteroatoms. The molecule has 0 saturated heterocycles. The predicted octanol–water partition coefficient (Wildman–Crippen LogP) is -0.0395. The molecule has 0 aliphatic carbocycles. The Morgan fingerprint density at radius 2 is 2.00 bits per heavy atom. The fourth-order valence-corrected chi connectivity index (χ4v) is 0.257. The van der Waals surface area contributed by atoms with E-state index in [0.717, 1.165) is 6.08 Å². The minimum atomic E-state index is -1.18. The van der Waals surface area contributed by atoms with Gasteiger partial charge in [0, 0.05) is 12.2 Å². The maximum Gasteiger partial charge on any atom is 0.333 e. The van der Waals surface area contributed by atoms with Crippen molar-refractivity contribution >= 4 is 21.4 Å². The van der Waals surface area contributed by atoms with Gasteiger partial charge in [-0.25, -0.2) is 9.59 Å². The lowest BCUT2D eigenvalue weighted by Crippen LogP contribution is -1.93. The quantitative estimate of drug-likeness (QED) is 0.440. The Labute approximate surface area is 53.8 Å². The normalized spacial score (nSPS) is 9.44. The Morgan fingerprint density at radius 1 is 1.44 bits per heavy atom. The zero-order valence-electron chi connectivity index (χ0n) is 4.40. The van der Waals surface area contributed by atoms with Crippen LogP contribution < -0.4 is 0 Å². The van der Waals surface area contributed by atoms with Gasteiger partial charge in [-0.2, -0.15) is 0 Å². The summed E-state index contributed by atoms with van der Waals surface area (Å²) in [5.74, 6) is -1.88. The molecule has 1 unspecified atom stereocenters. The van der Waals surface area contributed by atoms with E-state index in [-0.39, 0.29) is 0 Å². The fraction of sp³-hybridized carbons (Fsp3) is 0. The van der Waals surface area contributed by atoms with Crippen LogP contribution in [0.4, 0.5) is 0 Å². The zero-order valence-corrected chi connectivity index (χ0v) is 5.56.